The van der Waals surface area contributed by atoms with Crippen LogP contribution in [-0.4, -0.2) is 32.0 Å². The average Bonchev–Trinajstić information content (AvgIpc) is 3.13. The van der Waals surface area contributed by atoms with Gasteiger partial charge in [0.2, 0.25) is 5.91 Å². The van der Waals surface area contributed by atoms with Gasteiger partial charge in [0, 0.05) is 24.3 Å². The van der Waals surface area contributed by atoms with Gasteiger partial charge < -0.3 is 10.6 Å². The third kappa shape index (κ3) is 3.84. The molecule has 4 rings (SSSR count). The molecule has 1 amide bonds. The zero-order chi connectivity index (χ0) is 19.5. The minimum Gasteiger partial charge on any atom is -0.350 e. The molecule has 1 aliphatic rings. The Labute approximate surface area is 164 Å². The molecule has 2 aromatic heterocycles. The van der Waals surface area contributed by atoms with Gasteiger partial charge in [0.25, 0.3) is 0 Å². The number of carbonyl (C=O) groups is 1. The summed E-state index contributed by atoms with van der Waals surface area (Å²) in [4.78, 5) is 12.5. The third-order valence-corrected chi connectivity index (χ3v) is 5.19. The fourth-order valence-electron chi connectivity index (χ4n) is 3.67. The highest BCUT2D eigenvalue weighted by Crippen LogP contribution is 2.18. The largest absolute Gasteiger partial charge is 0.350 e. The SMILES string of the molecule is Cc1nn(-c2ccccc2)c(C)c1CC(=O)NCc1cc2n(n1)CCCNC2. The number of hydrogen-bond acceptors (Lipinski definition) is 4. The number of aromatic nitrogens is 4. The Morgan fingerprint density at radius 3 is 2.86 bits per heavy atom. The molecule has 7 nitrogen and oxygen atoms in total. The zero-order valence-electron chi connectivity index (χ0n) is 16.4. The van der Waals surface area contributed by atoms with E-state index in [9.17, 15) is 4.79 Å². The van der Waals surface area contributed by atoms with E-state index in [0.29, 0.717) is 13.0 Å². The van der Waals surface area contributed by atoms with Gasteiger partial charge in [-0.25, -0.2) is 4.68 Å². The Hall–Kier alpha value is -2.93. The van der Waals surface area contributed by atoms with Gasteiger partial charge in [0.1, 0.15) is 0 Å². The number of carbonyl (C=O) groups excluding carboxylic acids is 1. The maximum absolute atomic E-state index is 12.5. The number of nitrogens with one attached hydrogen (secondary N) is 2. The maximum atomic E-state index is 12.5. The van der Waals surface area contributed by atoms with Crippen LogP contribution in [0.4, 0.5) is 0 Å². The molecule has 146 valence electrons. The number of para-hydroxylation sites is 1. The summed E-state index contributed by atoms with van der Waals surface area (Å²) in [5.41, 5.74) is 5.95. The van der Waals surface area contributed by atoms with E-state index < -0.39 is 0 Å². The summed E-state index contributed by atoms with van der Waals surface area (Å²) in [5.74, 6) is -0.0138. The molecule has 7 heteroatoms. The van der Waals surface area contributed by atoms with Crippen LogP contribution in [0.5, 0.6) is 0 Å². The van der Waals surface area contributed by atoms with Crippen molar-refractivity contribution in [1.82, 2.24) is 30.2 Å². The van der Waals surface area contributed by atoms with Gasteiger partial charge in [0.05, 0.1) is 35.7 Å². The first kappa shape index (κ1) is 18.4. The van der Waals surface area contributed by atoms with E-state index in [0.717, 1.165) is 54.4 Å². The maximum Gasteiger partial charge on any atom is 0.224 e. The van der Waals surface area contributed by atoms with Crippen molar-refractivity contribution in [3.63, 3.8) is 0 Å². The number of nitrogens with zero attached hydrogens (tertiary/aromatic N) is 4. The summed E-state index contributed by atoms with van der Waals surface area (Å²) in [6.07, 6.45) is 1.39. The lowest BCUT2D eigenvalue weighted by Gasteiger charge is -2.06. The van der Waals surface area contributed by atoms with Gasteiger partial charge in [-0.15, -0.1) is 0 Å². The second-order valence-corrected chi connectivity index (χ2v) is 7.23. The Morgan fingerprint density at radius 1 is 1.21 bits per heavy atom. The van der Waals surface area contributed by atoms with Crippen molar-refractivity contribution < 1.29 is 4.79 Å². The number of amides is 1. The smallest absolute Gasteiger partial charge is 0.224 e. The Balaban J connectivity index is 1.41. The molecule has 0 spiro atoms. The topological polar surface area (TPSA) is 76.8 Å². The summed E-state index contributed by atoms with van der Waals surface area (Å²) in [6, 6.07) is 12.1. The summed E-state index contributed by atoms with van der Waals surface area (Å²) < 4.78 is 3.94. The number of rotatable bonds is 5. The summed E-state index contributed by atoms with van der Waals surface area (Å²) in [6.45, 7) is 7.18. The monoisotopic (exact) mass is 378 g/mol. The normalized spacial score (nSPS) is 13.8. The number of aryl methyl sites for hydroxylation is 2. The van der Waals surface area contributed by atoms with Gasteiger partial charge in [-0.2, -0.15) is 10.2 Å². The molecule has 3 aromatic rings. The molecule has 0 atom stereocenters. The lowest BCUT2D eigenvalue weighted by atomic mass is 10.1. The predicted molar refractivity (Wildman–Crippen MR) is 107 cm³/mol. The molecule has 1 aliphatic heterocycles. The van der Waals surface area contributed by atoms with Crippen molar-refractivity contribution in [2.75, 3.05) is 6.54 Å². The van der Waals surface area contributed by atoms with Gasteiger partial charge in [-0.05, 0) is 45.0 Å². The summed E-state index contributed by atoms with van der Waals surface area (Å²) >= 11 is 0. The van der Waals surface area contributed by atoms with Gasteiger partial charge in [0.15, 0.2) is 0 Å². The Kier molecular flexibility index (Phi) is 5.25. The Bertz CT molecular complexity index is 949. The van der Waals surface area contributed by atoms with Gasteiger partial charge in [-0.1, -0.05) is 18.2 Å². The molecule has 0 aliphatic carbocycles. The number of fused-ring (bicyclic) bond motifs is 1. The van der Waals surface area contributed by atoms with Crippen LogP contribution in [0, 0.1) is 13.8 Å². The molecule has 28 heavy (non-hydrogen) atoms. The van der Waals surface area contributed by atoms with Crippen LogP contribution in [0.3, 0.4) is 0 Å². The summed E-state index contributed by atoms with van der Waals surface area (Å²) in [5, 5.41) is 15.6. The van der Waals surface area contributed by atoms with E-state index in [2.05, 4.69) is 26.9 Å². The van der Waals surface area contributed by atoms with Gasteiger partial charge >= 0.3 is 0 Å². The highest BCUT2D eigenvalue weighted by molar-refractivity contribution is 5.79. The molecular formula is C21H26N6O. The number of hydrogen-bond donors (Lipinski definition) is 2. The second-order valence-electron chi connectivity index (χ2n) is 7.23. The fourth-order valence-corrected chi connectivity index (χ4v) is 3.67. The van der Waals surface area contributed by atoms with E-state index in [1.54, 1.807) is 0 Å². The molecule has 0 unspecified atom stereocenters. The quantitative estimate of drug-likeness (QED) is 0.712. The number of benzene rings is 1. The molecule has 0 bridgehead atoms. The van der Waals surface area contributed by atoms with E-state index in [1.807, 2.05) is 53.5 Å². The van der Waals surface area contributed by atoms with Crippen LogP contribution in [0.2, 0.25) is 0 Å². The molecule has 0 saturated heterocycles. The molecular weight excluding hydrogens is 352 g/mol. The molecule has 0 saturated carbocycles. The van der Waals surface area contributed by atoms with Crippen LogP contribution in [0.15, 0.2) is 36.4 Å². The van der Waals surface area contributed by atoms with Crippen molar-refractivity contribution in [2.45, 2.75) is 46.3 Å². The van der Waals surface area contributed by atoms with E-state index in [-0.39, 0.29) is 5.91 Å². The average molecular weight is 378 g/mol. The minimum atomic E-state index is -0.0138. The third-order valence-electron chi connectivity index (χ3n) is 5.19. The minimum absolute atomic E-state index is 0.0138. The lowest BCUT2D eigenvalue weighted by Crippen LogP contribution is -2.25. The highest BCUT2D eigenvalue weighted by atomic mass is 16.1. The van der Waals surface area contributed by atoms with Crippen LogP contribution in [0.25, 0.3) is 5.69 Å². The molecule has 0 radical (unpaired) electrons. The van der Waals surface area contributed by atoms with Crippen LogP contribution < -0.4 is 10.6 Å². The van der Waals surface area contributed by atoms with E-state index in [1.165, 1.54) is 5.69 Å². The molecule has 3 heterocycles. The van der Waals surface area contributed by atoms with Crippen molar-refractivity contribution >= 4 is 5.91 Å². The fraction of sp³-hybridized carbons (Fsp3) is 0.381. The van der Waals surface area contributed by atoms with Gasteiger partial charge in [-0.3, -0.25) is 9.48 Å². The Morgan fingerprint density at radius 2 is 2.04 bits per heavy atom. The first-order chi connectivity index (χ1) is 13.6. The van der Waals surface area contributed by atoms with E-state index in [4.69, 9.17) is 0 Å². The molecule has 1 aromatic carbocycles. The van der Waals surface area contributed by atoms with Crippen LogP contribution >= 0.6 is 0 Å². The van der Waals surface area contributed by atoms with Crippen molar-refractivity contribution in [3.05, 3.63) is 64.7 Å². The first-order valence-corrected chi connectivity index (χ1v) is 9.75. The van der Waals surface area contributed by atoms with Crippen molar-refractivity contribution in [3.8, 4) is 5.69 Å². The van der Waals surface area contributed by atoms with Crippen LogP contribution in [-0.2, 0) is 30.8 Å². The zero-order valence-corrected chi connectivity index (χ0v) is 16.4. The van der Waals surface area contributed by atoms with Crippen molar-refractivity contribution in [1.29, 1.82) is 0 Å². The van der Waals surface area contributed by atoms with E-state index >= 15 is 0 Å². The standard InChI is InChI=1S/C21H26N6O/c1-15-20(16(2)27(24-15)18-7-4-3-5-8-18)12-21(28)23-13-17-11-19-14-22-9-6-10-26(19)25-17/h3-5,7-8,11,22H,6,9-10,12-14H2,1-2H3,(H,23,28). The second kappa shape index (κ2) is 7.98. The first-order valence-electron chi connectivity index (χ1n) is 9.75. The lowest BCUT2D eigenvalue weighted by molar-refractivity contribution is -0.120. The predicted octanol–water partition coefficient (Wildman–Crippen LogP) is 2.04. The highest BCUT2D eigenvalue weighted by Gasteiger charge is 2.16. The molecule has 0 fully saturated rings. The van der Waals surface area contributed by atoms with Crippen molar-refractivity contribution in [2.24, 2.45) is 0 Å². The summed E-state index contributed by atoms with van der Waals surface area (Å²) in [7, 11) is 0. The molecule has 2 N–H and O–H groups in total. The van der Waals surface area contributed by atoms with Crippen LogP contribution in [0.1, 0.15) is 34.8 Å².